The lowest BCUT2D eigenvalue weighted by Crippen LogP contribution is -2.45. The Labute approximate surface area is 169 Å². The fourth-order valence-electron chi connectivity index (χ4n) is 1.92. The minimum atomic E-state index is -5.66. The highest BCUT2D eigenvalue weighted by molar-refractivity contribution is 7.90. The zero-order valence-corrected chi connectivity index (χ0v) is 16.6. The van der Waals surface area contributed by atoms with Crippen molar-refractivity contribution < 1.29 is 44.7 Å². The predicted molar refractivity (Wildman–Crippen MR) is 94.0 cm³/mol. The molecule has 0 fully saturated rings. The molecule has 2 N–H and O–H groups in total. The number of urea groups is 1. The van der Waals surface area contributed by atoms with E-state index in [0.717, 1.165) is 10.4 Å². The molecule has 0 bridgehead atoms. The summed E-state index contributed by atoms with van der Waals surface area (Å²) in [4.78, 5) is 22.0. The van der Waals surface area contributed by atoms with Crippen LogP contribution in [-0.4, -0.2) is 58.6 Å². The number of allylic oxidation sites excluding steroid dienone is 1. The molecule has 0 saturated carbocycles. The van der Waals surface area contributed by atoms with Crippen molar-refractivity contribution >= 4 is 45.2 Å². The molecular weight excluding hydrogens is 465 g/mol. The first-order chi connectivity index (χ1) is 13.9. The van der Waals surface area contributed by atoms with Gasteiger partial charge in [0.1, 0.15) is 11.6 Å². The maximum Gasteiger partial charge on any atom is 0.445 e. The zero-order chi connectivity index (χ0) is 22.7. The lowest BCUT2D eigenvalue weighted by molar-refractivity contribution is -0.108. The van der Waals surface area contributed by atoms with Gasteiger partial charge in [-0.1, -0.05) is 0 Å². The first-order valence-electron chi connectivity index (χ1n) is 7.43. The van der Waals surface area contributed by atoms with Gasteiger partial charge in [0, 0.05) is 0 Å². The number of methoxy groups -OCH3 is 1. The minimum absolute atomic E-state index is 0.124. The molecule has 2 heterocycles. The Hall–Kier alpha value is -2.79. The number of aliphatic imine (C=N–C) groups is 2. The normalized spacial score (nSPS) is 15.8. The molecule has 0 radical (unpaired) electrons. The average Bonchev–Trinajstić information content (AvgIpc) is 3.16. The Morgan fingerprint density at radius 2 is 1.97 bits per heavy atom. The van der Waals surface area contributed by atoms with Crippen LogP contribution in [0.4, 0.5) is 26.7 Å². The molecular formula is C13H12F5N5O5S2. The maximum absolute atomic E-state index is 13.8. The number of nitrogens with one attached hydrogen (secondary N) is 2. The largest absolute Gasteiger partial charge is 0.467 e. The summed E-state index contributed by atoms with van der Waals surface area (Å²) in [5.74, 6) is -5.91. The van der Waals surface area contributed by atoms with E-state index in [9.17, 15) is 35.2 Å². The standard InChI is InChI=1S/C13H12F5N5O5S2/c1-27-12-21-10(19-5-23(12)28-2)20-11(24)22-30(25,26)6-3-4-29-8(6)7(14)9(15)13(16,17)18/h3-4H,5H2,1-2H3,(H2,19,20,22,24). The van der Waals surface area contributed by atoms with Crippen molar-refractivity contribution in [2.75, 3.05) is 20.9 Å². The number of hydrogen-bond acceptors (Lipinski definition) is 9. The highest BCUT2D eigenvalue weighted by Gasteiger charge is 2.40. The molecule has 166 valence electrons. The number of hydrogen-bond donors (Lipinski definition) is 2. The van der Waals surface area contributed by atoms with E-state index in [1.807, 2.05) is 5.32 Å². The monoisotopic (exact) mass is 477 g/mol. The van der Waals surface area contributed by atoms with Crippen LogP contribution < -0.4 is 10.0 Å². The number of carbonyl (C=O) groups is 1. The number of carbonyl (C=O) groups excluding carboxylic acids is 1. The molecule has 0 aliphatic carbocycles. The predicted octanol–water partition coefficient (Wildman–Crippen LogP) is 2.10. The number of rotatable bonds is 4. The second kappa shape index (κ2) is 8.92. The summed E-state index contributed by atoms with van der Waals surface area (Å²) >= 11 is 0.192. The summed E-state index contributed by atoms with van der Waals surface area (Å²) < 4.78 is 94.9. The van der Waals surface area contributed by atoms with Crippen LogP contribution in [0.2, 0.25) is 0 Å². The van der Waals surface area contributed by atoms with Crippen LogP contribution in [0.1, 0.15) is 4.88 Å². The third-order valence-corrected chi connectivity index (χ3v) is 5.59. The van der Waals surface area contributed by atoms with E-state index in [2.05, 4.69) is 9.98 Å². The molecule has 0 unspecified atom stereocenters. The van der Waals surface area contributed by atoms with Gasteiger partial charge in [-0.05, 0) is 11.4 Å². The van der Waals surface area contributed by atoms with Crippen molar-refractivity contribution in [3.8, 4) is 0 Å². The SMILES string of the molecule is COC1=NC(NC(=O)NS(=O)(=O)c2ccsc2C(F)=C(F)C(F)(F)F)=NCN1OC. The smallest absolute Gasteiger partial charge is 0.445 e. The van der Waals surface area contributed by atoms with E-state index in [1.165, 1.54) is 18.9 Å². The molecule has 1 aromatic heterocycles. The number of alkyl halides is 3. The molecule has 0 atom stereocenters. The van der Waals surface area contributed by atoms with Crippen molar-refractivity contribution in [1.29, 1.82) is 0 Å². The highest BCUT2D eigenvalue weighted by atomic mass is 32.2. The molecule has 2 amide bonds. The summed E-state index contributed by atoms with van der Waals surface area (Å²) in [6.07, 6.45) is -5.66. The Morgan fingerprint density at radius 1 is 1.30 bits per heavy atom. The van der Waals surface area contributed by atoms with Gasteiger partial charge in [-0.15, -0.1) is 11.3 Å². The Balaban J connectivity index is 2.21. The third-order valence-electron chi connectivity index (χ3n) is 3.18. The minimum Gasteiger partial charge on any atom is -0.467 e. The summed E-state index contributed by atoms with van der Waals surface area (Å²) in [5.41, 5.74) is 0. The number of ether oxygens (including phenoxy) is 1. The van der Waals surface area contributed by atoms with Crippen LogP contribution in [0.25, 0.3) is 5.83 Å². The Kier molecular flexibility index (Phi) is 6.99. The lowest BCUT2D eigenvalue weighted by Gasteiger charge is -2.23. The van der Waals surface area contributed by atoms with Crippen LogP contribution in [0.5, 0.6) is 0 Å². The lowest BCUT2D eigenvalue weighted by atomic mass is 10.3. The number of thiophene rings is 1. The highest BCUT2D eigenvalue weighted by Crippen LogP contribution is 2.38. The van der Waals surface area contributed by atoms with Gasteiger partial charge in [0.2, 0.25) is 11.8 Å². The quantitative estimate of drug-likeness (QED) is 0.641. The number of amides is 2. The van der Waals surface area contributed by atoms with Gasteiger partial charge in [0.25, 0.3) is 10.0 Å². The van der Waals surface area contributed by atoms with Crippen molar-refractivity contribution in [1.82, 2.24) is 15.1 Å². The molecule has 0 aromatic carbocycles. The molecule has 2 rings (SSSR count). The maximum atomic E-state index is 13.8. The fraction of sp³-hybridized carbons (Fsp3) is 0.308. The van der Waals surface area contributed by atoms with E-state index in [-0.39, 0.29) is 30.0 Å². The molecule has 10 nitrogen and oxygen atoms in total. The number of sulfonamides is 1. The molecule has 1 aliphatic heterocycles. The van der Waals surface area contributed by atoms with Gasteiger partial charge in [-0.2, -0.15) is 27.6 Å². The molecule has 1 aromatic rings. The number of nitrogens with zero attached hydrogens (tertiary/aromatic N) is 3. The van der Waals surface area contributed by atoms with Crippen LogP contribution >= 0.6 is 11.3 Å². The fourth-order valence-corrected chi connectivity index (χ4v) is 4.18. The Bertz CT molecular complexity index is 1020. The van der Waals surface area contributed by atoms with Gasteiger partial charge in [0.15, 0.2) is 5.83 Å². The number of halogens is 5. The molecule has 1 aliphatic rings. The van der Waals surface area contributed by atoms with Gasteiger partial charge in [-0.3, -0.25) is 10.2 Å². The van der Waals surface area contributed by atoms with Crippen molar-refractivity contribution in [2.24, 2.45) is 9.98 Å². The van der Waals surface area contributed by atoms with Crippen molar-refractivity contribution in [3.63, 3.8) is 0 Å². The van der Waals surface area contributed by atoms with Crippen LogP contribution in [-0.2, 0) is 19.6 Å². The van der Waals surface area contributed by atoms with E-state index >= 15 is 0 Å². The Morgan fingerprint density at radius 3 is 2.53 bits per heavy atom. The number of hydroxylamine groups is 2. The van der Waals surface area contributed by atoms with Gasteiger partial charge in [0.05, 0.1) is 19.1 Å². The van der Waals surface area contributed by atoms with E-state index in [1.54, 1.807) is 0 Å². The number of guanidine groups is 1. The molecule has 30 heavy (non-hydrogen) atoms. The van der Waals surface area contributed by atoms with E-state index in [4.69, 9.17) is 9.57 Å². The topological polar surface area (TPSA) is 122 Å². The molecule has 0 saturated heterocycles. The van der Waals surface area contributed by atoms with Crippen LogP contribution in [0.15, 0.2) is 32.2 Å². The van der Waals surface area contributed by atoms with Crippen molar-refractivity contribution in [2.45, 2.75) is 11.1 Å². The van der Waals surface area contributed by atoms with Gasteiger partial charge in [-0.25, -0.2) is 27.3 Å². The first-order valence-corrected chi connectivity index (χ1v) is 9.80. The van der Waals surface area contributed by atoms with Crippen LogP contribution in [0.3, 0.4) is 0 Å². The average molecular weight is 477 g/mol. The zero-order valence-electron chi connectivity index (χ0n) is 15.0. The van der Waals surface area contributed by atoms with Gasteiger partial charge < -0.3 is 4.74 Å². The van der Waals surface area contributed by atoms with Gasteiger partial charge >= 0.3 is 18.2 Å². The van der Waals surface area contributed by atoms with Crippen LogP contribution in [0, 0.1) is 0 Å². The first kappa shape index (κ1) is 23.5. The number of amidine groups is 1. The second-order valence-corrected chi connectivity index (χ2v) is 7.65. The third kappa shape index (κ3) is 5.22. The molecule has 17 heteroatoms. The van der Waals surface area contributed by atoms with Crippen molar-refractivity contribution in [3.05, 3.63) is 22.2 Å². The second-order valence-electron chi connectivity index (χ2n) is 5.08. The molecule has 0 spiro atoms. The summed E-state index contributed by atoms with van der Waals surface area (Å²) in [7, 11) is -2.36. The summed E-state index contributed by atoms with van der Waals surface area (Å²) in [5, 5.41) is 3.95. The van der Waals surface area contributed by atoms with E-state index in [0.29, 0.717) is 6.07 Å². The summed E-state index contributed by atoms with van der Waals surface area (Å²) in [6.45, 7) is -0.174. The van der Waals surface area contributed by atoms with E-state index < -0.39 is 43.7 Å². The summed E-state index contributed by atoms with van der Waals surface area (Å²) in [6, 6.07) is -0.841.